The zero-order chi connectivity index (χ0) is 19.6. The van der Waals surface area contributed by atoms with Gasteiger partial charge in [0.1, 0.15) is 0 Å². The van der Waals surface area contributed by atoms with Crippen molar-refractivity contribution in [2.45, 2.75) is 24.3 Å². The Kier molecular flexibility index (Phi) is 5.64. The quantitative estimate of drug-likeness (QED) is 0.793. The molecule has 1 aliphatic rings. The van der Waals surface area contributed by atoms with Crippen molar-refractivity contribution in [1.29, 1.82) is 0 Å². The fourth-order valence-electron chi connectivity index (χ4n) is 3.22. The first-order valence-corrected chi connectivity index (χ1v) is 10.4. The first-order valence-electron chi connectivity index (χ1n) is 8.92. The third-order valence-corrected chi connectivity index (χ3v) is 6.29. The molecule has 0 fully saturated rings. The minimum Gasteiger partial charge on any atom is -0.352 e. The molecule has 1 atom stereocenters. The van der Waals surface area contributed by atoms with E-state index in [1.165, 1.54) is 6.07 Å². The van der Waals surface area contributed by atoms with E-state index in [0.717, 1.165) is 16.7 Å². The van der Waals surface area contributed by atoms with Gasteiger partial charge in [-0.1, -0.05) is 35.9 Å². The highest BCUT2D eigenvalue weighted by molar-refractivity contribution is 7.89. The molecule has 0 aliphatic carbocycles. The van der Waals surface area contributed by atoms with Crippen molar-refractivity contribution in [3.05, 3.63) is 64.7 Å². The molecule has 2 aromatic carbocycles. The lowest BCUT2D eigenvalue weighted by Crippen LogP contribution is -2.35. The van der Waals surface area contributed by atoms with Crippen LogP contribution in [0.15, 0.2) is 47.4 Å². The zero-order valence-corrected chi connectivity index (χ0v) is 16.6. The van der Waals surface area contributed by atoms with Gasteiger partial charge in [0.2, 0.25) is 10.0 Å². The van der Waals surface area contributed by atoms with Gasteiger partial charge in [-0.15, -0.1) is 0 Å². The fourth-order valence-corrected chi connectivity index (χ4v) is 4.28. The summed E-state index contributed by atoms with van der Waals surface area (Å²) in [4.78, 5) is 14.1. The monoisotopic (exact) mass is 387 g/mol. The van der Waals surface area contributed by atoms with E-state index >= 15 is 0 Å². The van der Waals surface area contributed by atoms with Crippen molar-refractivity contribution < 1.29 is 13.2 Å². The zero-order valence-electron chi connectivity index (χ0n) is 15.8. The summed E-state index contributed by atoms with van der Waals surface area (Å²) >= 11 is 0. The van der Waals surface area contributed by atoms with Crippen molar-refractivity contribution in [1.82, 2.24) is 14.9 Å². The van der Waals surface area contributed by atoms with Gasteiger partial charge in [0.05, 0.1) is 4.90 Å². The molecule has 6 nitrogen and oxygen atoms in total. The van der Waals surface area contributed by atoms with Crippen LogP contribution in [0, 0.1) is 6.92 Å². The van der Waals surface area contributed by atoms with Gasteiger partial charge in [-0.3, -0.25) is 4.79 Å². The molecule has 3 rings (SSSR count). The third-order valence-electron chi connectivity index (χ3n) is 4.87. The van der Waals surface area contributed by atoms with Crippen LogP contribution < -0.4 is 10.0 Å². The van der Waals surface area contributed by atoms with Gasteiger partial charge in [0, 0.05) is 24.7 Å². The summed E-state index contributed by atoms with van der Waals surface area (Å²) in [6.07, 6.45) is 0.713. The summed E-state index contributed by atoms with van der Waals surface area (Å²) in [5.41, 5.74) is 3.51. The topological polar surface area (TPSA) is 78.5 Å². The number of hydrogen-bond acceptors (Lipinski definition) is 4. The Morgan fingerprint density at radius 1 is 1.15 bits per heavy atom. The van der Waals surface area contributed by atoms with Gasteiger partial charge >= 0.3 is 0 Å². The van der Waals surface area contributed by atoms with E-state index in [1.807, 2.05) is 50.2 Å². The Morgan fingerprint density at radius 3 is 2.52 bits per heavy atom. The number of carbonyl (C=O) groups excluding carboxylic acids is 1. The van der Waals surface area contributed by atoms with Crippen molar-refractivity contribution in [2.75, 3.05) is 27.2 Å². The molecule has 2 N–H and O–H groups in total. The summed E-state index contributed by atoms with van der Waals surface area (Å²) in [7, 11) is 0.119. The van der Waals surface area contributed by atoms with E-state index in [4.69, 9.17) is 0 Å². The Bertz CT molecular complexity index is 937. The number of aryl methyl sites for hydroxylation is 1. The SMILES string of the molecule is Cc1ccc(C(CNS(=O)(=O)c2ccc3c(c2)C(=O)NCC3)N(C)C)cc1. The lowest BCUT2D eigenvalue weighted by Gasteiger charge is -2.25. The Labute approximate surface area is 160 Å². The third kappa shape index (κ3) is 4.37. The van der Waals surface area contributed by atoms with Crippen LogP contribution in [0.25, 0.3) is 0 Å². The van der Waals surface area contributed by atoms with Crippen LogP contribution in [0.1, 0.15) is 33.1 Å². The predicted molar refractivity (Wildman–Crippen MR) is 105 cm³/mol. The number of amides is 1. The summed E-state index contributed by atoms with van der Waals surface area (Å²) < 4.78 is 28.2. The second-order valence-electron chi connectivity index (χ2n) is 7.07. The van der Waals surface area contributed by atoms with Gasteiger partial charge in [0.15, 0.2) is 0 Å². The first kappa shape index (κ1) is 19.5. The minimum atomic E-state index is -3.72. The Morgan fingerprint density at radius 2 is 1.85 bits per heavy atom. The van der Waals surface area contributed by atoms with Crippen LogP contribution in [0.4, 0.5) is 0 Å². The molecule has 0 aromatic heterocycles. The number of fused-ring (bicyclic) bond motifs is 1. The lowest BCUT2D eigenvalue weighted by atomic mass is 10.0. The normalized spacial score (nSPS) is 15.3. The number of hydrogen-bond donors (Lipinski definition) is 2. The van der Waals surface area contributed by atoms with Gasteiger partial charge < -0.3 is 10.2 Å². The molecule has 2 aromatic rings. The summed E-state index contributed by atoms with van der Waals surface area (Å²) in [5.74, 6) is -0.223. The van der Waals surface area contributed by atoms with Crippen molar-refractivity contribution in [3.8, 4) is 0 Å². The van der Waals surface area contributed by atoms with Crippen molar-refractivity contribution in [3.63, 3.8) is 0 Å². The highest BCUT2D eigenvalue weighted by Crippen LogP contribution is 2.21. The minimum absolute atomic E-state index is 0.0960. The number of sulfonamides is 1. The number of nitrogens with zero attached hydrogens (tertiary/aromatic N) is 1. The van der Waals surface area contributed by atoms with E-state index in [2.05, 4.69) is 10.0 Å². The molecule has 1 unspecified atom stereocenters. The molecule has 0 saturated heterocycles. The van der Waals surface area contributed by atoms with Crippen LogP contribution in [0.3, 0.4) is 0 Å². The van der Waals surface area contributed by atoms with E-state index in [9.17, 15) is 13.2 Å². The Balaban J connectivity index is 1.80. The summed E-state index contributed by atoms with van der Waals surface area (Å²) in [6.45, 7) is 2.84. The first-order chi connectivity index (χ1) is 12.8. The van der Waals surface area contributed by atoms with E-state index in [1.54, 1.807) is 12.1 Å². The van der Waals surface area contributed by atoms with E-state index < -0.39 is 10.0 Å². The van der Waals surface area contributed by atoms with Gasteiger partial charge in [0.25, 0.3) is 5.91 Å². The summed E-state index contributed by atoms with van der Waals surface area (Å²) in [6, 6.07) is 12.7. The molecule has 0 bridgehead atoms. The van der Waals surface area contributed by atoms with E-state index in [0.29, 0.717) is 18.5 Å². The maximum Gasteiger partial charge on any atom is 0.251 e. The molecule has 7 heteroatoms. The second-order valence-corrected chi connectivity index (χ2v) is 8.83. The average molecular weight is 388 g/mol. The number of rotatable bonds is 6. The summed E-state index contributed by atoms with van der Waals surface area (Å²) in [5, 5.41) is 2.75. The van der Waals surface area contributed by atoms with Crippen LogP contribution in [0.5, 0.6) is 0 Å². The van der Waals surface area contributed by atoms with Crippen LogP contribution in [-0.2, 0) is 16.4 Å². The molecule has 27 heavy (non-hydrogen) atoms. The largest absolute Gasteiger partial charge is 0.352 e. The van der Waals surface area contributed by atoms with Gasteiger partial charge in [-0.05, 0) is 50.7 Å². The number of nitrogens with one attached hydrogen (secondary N) is 2. The number of carbonyl (C=O) groups is 1. The molecule has 0 saturated carbocycles. The van der Waals surface area contributed by atoms with Crippen molar-refractivity contribution in [2.24, 2.45) is 0 Å². The fraction of sp³-hybridized carbons (Fsp3) is 0.350. The molecule has 1 amide bonds. The van der Waals surface area contributed by atoms with Crippen molar-refractivity contribution >= 4 is 15.9 Å². The van der Waals surface area contributed by atoms with Crippen LogP contribution >= 0.6 is 0 Å². The standard InChI is InChI=1S/C20H25N3O3S/c1-14-4-6-16(7-5-14)19(23(2)3)13-22-27(25,26)17-9-8-15-10-11-21-20(24)18(15)12-17/h4-9,12,19,22H,10-11,13H2,1-3H3,(H,21,24). The molecular formula is C20H25N3O3S. The lowest BCUT2D eigenvalue weighted by molar-refractivity contribution is 0.0945. The van der Waals surface area contributed by atoms with Gasteiger partial charge in [-0.25, -0.2) is 13.1 Å². The molecular weight excluding hydrogens is 362 g/mol. The Hall–Kier alpha value is -2.22. The number of benzene rings is 2. The molecule has 0 radical (unpaired) electrons. The van der Waals surface area contributed by atoms with E-state index in [-0.39, 0.29) is 23.4 Å². The number of likely N-dealkylation sites (N-methyl/N-ethyl adjacent to an activating group) is 1. The molecule has 1 aliphatic heterocycles. The second kappa shape index (κ2) is 7.80. The average Bonchev–Trinajstić information content (AvgIpc) is 2.63. The molecule has 144 valence electrons. The van der Waals surface area contributed by atoms with Crippen LogP contribution in [0.2, 0.25) is 0 Å². The van der Waals surface area contributed by atoms with Crippen LogP contribution in [-0.4, -0.2) is 46.4 Å². The molecule has 1 heterocycles. The highest BCUT2D eigenvalue weighted by Gasteiger charge is 2.23. The maximum atomic E-state index is 12.8. The highest BCUT2D eigenvalue weighted by atomic mass is 32.2. The van der Waals surface area contributed by atoms with Gasteiger partial charge in [-0.2, -0.15) is 0 Å². The molecule has 0 spiro atoms. The predicted octanol–water partition coefficient (Wildman–Crippen LogP) is 1.86. The maximum absolute atomic E-state index is 12.8. The smallest absolute Gasteiger partial charge is 0.251 e.